The van der Waals surface area contributed by atoms with Gasteiger partial charge in [-0.05, 0) is 18.2 Å². The van der Waals surface area contributed by atoms with Crippen molar-refractivity contribution in [3.8, 4) is 0 Å². The van der Waals surface area contributed by atoms with Gasteiger partial charge in [0.05, 0.1) is 18.2 Å². The van der Waals surface area contributed by atoms with E-state index in [-0.39, 0.29) is 12.0 Å². The van der Waals surface area contributed by atoms with E-state index in [2.05, 4.69) is 0 Å². The van der Waals surface area contributed by atoms with Gasteiger partial charge in [0.1, 0.15) is 5.76 Å². The van der Waals surface area contributed by atoms with Crippen molar-refractivity contribution in [2.75, 3.05) is 0 Å². The minimum absolute atomic E-state index is 0.180. The zero-order chi connectivity index (χ0) is 13.2. The minimum atomic E-state index is -4.53. The van der Waals surface area contributed by atoms with Gasteiger partial charge in [-0.3, -0.25) is 4.79 Å². The van der Waals surface area contributed by atoms with Crippen molar-refractivity contribution in [1.82, 2.24) is 0 Å². The van der Waals surface area contributed by atoms with Gasteiger partial charge in [0, 0.05) is 5.56 Å². The fourth-order valence-corrected chi connectivity index (χ4v) is 1.64. The number of ketones is 1. The van der Waals surface area contributed by atoms with Gasteiger partial charge in [0.15, 0.2) is 5.78 Å². The molecule has 0 bridgehead atoms. The standard InChI is InChI=1S/C13H9F3O2/c14-13(15,16)11-6-2-1-5-10(11)12(17)8-9-4-3-7-18-9/h1-7H,8H2. The second-order valence-electron chi connectivity index (χ2n) is 3.72. The molecule has 1 aromatic carbocycles. The lowest BCUT2D eigenvalue weighted by atomic mass is 10.0. The van der Waals surface area contributed by atoms with Crippen molar-refractivity contribution in [2.24, 2.45) is 0 Å². The van der Waals surface area contributed by atoms with Gasteiger partial charge in [-0.25, -0.2) is 0 Å². The highest BCUT2D eigenvalue weighted by Gasteiger charge is 2.34. The average Bonchev–Trinajstić information content (AvgIpc) is 2.80. The maximum atomic E-state index is 12.7. The summed E-state index contributed by atoms with van der Waals surface area (Å²) in [6, 6.07) is 7.87. The maximum absolute atomic E-state index is 12.7. The Hall–Kier alpha value is -2.04. The lowest BCUT2D eigenvalue weighted by molar-refractivity contribution is -0.137. The van der Waals surface area contributed by atoms with E-state index in [9.17, 15) is 18.0 Å². The summed E-state index contributed by atoms with van der Waals surface area (Å²) in [4.78, 5) is 11.8. The molecule has 0 spiro atoms. The third-order valence-electron chi connectivity index (χ3n) is 2.45. The Morgan fingerprint density at radius 3 is 2.44 bits per heavy atom. The first-order chi connectivity index (χ1) is 8.48. The highest BCUT2D eigenvalue weighted by atomic mass is 19.4. The predicted octanol–water partition coefficient (Wildman–Crippen LogP) is 3.72. The van der Waals surface area contributed by atoms with Gasteiger partial charge in [-0.1, -0.05) is 18.2 Å². The molecule has 0 aliphatic rings. The van der Waals surface area contributed by atoms with Crippen molar-refractivity contribution in [3.63, 3.8) is 0 Å². The molecule has 0 aliphatic carbocycles. The maximum Gasteiger partial charge on any atom is 0.417 e. The van der Waals surface area contributed by atoms with E-state index in [0.717, 1.165) is 6.07 Å². The van der Waals surface area contributed by atoms with E-state index in [1.54, 1.807) is 12.1 Å². The molecular weight excluding hydrogens is 245 g/mol. The van der Waals surface area contributed by atoms with Gasteiger partial charge in [0.25, 0.3) is 0 Å². The van der Waals surface area contributed by atoms with Gasteiger partial charge in [-0.2, -0.15) is 13.2 Å². The summed E-state index contributed by atoms with van der Waals surface area (Å²) in [7, 11) is 0. The number of halogens is 3. The van der Waals surface area contributed by atoms with Crippen LogP contribution in [0.5, 0.6) is 0 Å². The molecule has 5 heteroatoms. The lowest BCUT2D eigenvalue weighted by Crippen LogP contribution is -2.14. The second kappa shape index (κ2) is 4.68. The van der Waals surface area contributed by atoms with Crippen LogP contribution in [0.1, 0.15) is 21.7 Å². The quantitative estimate of drug-likeness (QED) is 0.781. The summed E-state index contributed by atoms with van der Waals surface area (Å²) < 4.78 is 43.1. The first-order valence-corrected chi connectivity index (χ1v) is 5.20. The molecule has 0 saturated carbocycles. The molecule has 18 heavy (non-hydrogen) atoms. The molecule has 0 saturated heterocycles. The van der Waals surface area contributed by atoms with Crippen molar-refractivity contribution >= 4 is 5.78 Å². The monoisotopic (exact) mass is 254 g/mol. The summed E-state index contributed by atoms with van der Waals surface area (Å²) in [5.41, 5.74) is -1.25. The molecule has 0 radical (unpaired) electrons. The number of hydrogen-bond donors (Lipinski definition) is 0. The minimum Gasteiger partial charge on any atom is -0.469 e. The summed E-state index contributed by atoms with van der Waals surface area (Å²) in [5.74, 6) is -0.269. The first-order valence-electron chi connectivity index (χ1n) is 5.20. The lowest BCUT2D eigenvalue weighted by Gasteiger charge is -2.11. The molecule has 0 atom stereocenters. The van der Waals surface area contributed by atoms with E-state index in [1.165, 1.54) is 24.5 Å². The number of hydrogen-bond acceptors (Lipinski definition) is 2. The zero-order valence-electron chi connectivity index (χ0n) is 9.20. The second-order valence-corrected chi connectivity index (χ2v) is 3.72. The van der Waals surface area contributed by atoms with Crippen LogP contribution in [0, 0.1) is 0 Å². The Kier molecular flexibility index (Phi) is 3.23. The number of benzene rings is 1. The van der Waals surface area contributed by atoms with Crippen LogP contribution in [0.4, 0.5) is 13.2 Å². The molecule has 2 nitrogen and oxygen atoms in total. The fourth-order valence-electron chi connectivity index (χ4n) is 1.64. The van der Waals surface area contributed by atoms with Crippen LogP contribution in [-0.4, -0.2) is 5.78 Å². The number of carbonyl (C=O) groups is 1. The van der Waals surface area contributed by atoms with Gasteiger partial charge >= 0.3 is 6.18 Å². The fraction of sp³-hybridized carbons (Fsp3) is 0.154. The van der Waals surface area contributed by atoms with Crippen molar-refractivity contribution in [1.29, 1.82) is 0 Å². The molecule has 2 rings (SSSR count). The zero-order valence-corrected chi connectivity index (χ0v) is 9.20. The number of rotatable bonds is 3. The van der Waals surface area contributed by atoms with Crippen LogP contribution in [0.2, 0.25) is 0 Å². The van der Waals surface area contributed by atoms with Crippen molar-refractivity contribution < 1.29 is 22.4 Å². The predicted molar refractivity (Wildman–Crippen MR) is 58.2 cm³/mol. The summed E-state index contributed by atoms with van der Waals surface area (Å²) in [6.45, 7) is 0. The van der Waals surface area contributed by atoms with Crippen molar-refractivity contribution in [2.45, 2.75) is 12.6 Å². The van der Waals surface area contributed by atoms with Crippen LogP contribution in [0.25, 0.3) is 0 Å². The van der Waals surface area contributed by atoms with Gasteiger partial charge < -0.3 is 4.42 Å². The molecule has 1 heterocycles. The van der Waals surface area contributed by atoms with E-state index in [4.69, 9.17) is 4.42 Å². The number of alkyl halides is 3. The summed E-state index contributed by atoms with van der Waals surface area (Å²) in [5, 5.41) is 0. The largest absolute Gasteiger partial charge is 0.469 e. The number of Topliss-reactive ketones (excluding diaryl/α,β-unsaturated/α-hetero) is 1. The third-order valence-corrected chi connectivity index (χ3v) is 2.45. The van der Waals surface area contributed by atoms with Crippen LogP contribution in [0.15, 0.2) is 47.1 Å². The van der Waals surface area contributed by atoms with E-state index >= 15 is 0 Å². The Bertz CT molecular complexity index is 542. The van der Waals surface area contributed by atoms with E-state index in [1.807, 2.05) is 0 Å². The van der Waals surface area contributed by atoms with E-state index in [0.29, 0.717) is 5.76 Å². The summed E-state index contributed by atoms with van der Waals surface area (Å²) >= 11 is 0. The Labute approximate surface area is 101 Å². The topological polar surface area (TPSA) is 30.2 Å². The third kappa shape index (κ3) is 2.61. The normalized spacial score (nSPS) is 11.5. The molecule has 0 aliphatic heterocycles. The molecule has 1 aromatic heterocycles. The smallest absolute Gasteiger partial charge is 0.417 e. The van der Waals surface area contributed by atoms with Crippen LogP contribution in [-0.2, 0) is 12.6 Å². The highest BCUT2D eigenvalue weighted by Crippen LogP contribution is 2.32. The average molecular weight is 254 g/mol. The molecule has 0 amide bonds. The number of carbonyl (C=O) groups excluding carboxylic acids is 1. The SMILES string of the molecule is O=C(Cc1ccco1)c1ccccc1C(F)(F)F. The Balaban J connectivity index is 2.31. The van der Waals surface area contributed by atoms with Gasteiger partial charge in [0.2, 0.25) is 0 Å². The first kappa shape index (κ1) is 12.4. The molecule has 2 aromatic rings. The Morgan fingerprint density at radius 2 is 1.83 bits per heavy atom. The van der Waals surface area contributed by atoms with Crippen LogP contribution in [0.3, 0.4) is 0 Å². The van der Waals surface area contributed by atoms with Crippen molar-refractivity contribution in [3.05, 3.63) is 59.5 Å². The van der Waals surface area contributed by atoms with E-state index < -0.39 is 17.5 Å². The molecule has 0 N–H and O–H groups in total. The number of furan rings is 1. The highest BCUT2D eigenvalue weighted by molar-refractivity contribution is 5.98. The molecule has 0 unspecified atom stereocenters. The van der Waals surface area contributed by atoms with Crippen LogP contribution < -0.4 is 0 Å². The molecule has 94 valence electrons. The molecule has 0 fully saturated rings. The Morgan fingerprint density at radius 1 is 1.11 bits per heavy atom. The van der Waals surface area contributed by atoms with Gasteiger partial charge in [-0.15, -0.1) is 0 Å². The van der Waals surface area contributed by atoms with Crippen LogP contribution >= 0.6 is 0 Å². The summed E-state index contributed by atoms with van der Waals surface area (Å²) in [6.07, 6.45) is -3.34. The molecular formula is C13H9F3O2.